The lowest BCUT2D eigenvalue weighted by Gasteiger charge is -2.11. The van der Waals surface area contributed by atoms with Crippen molar-refractivity contribution in [3.05, 3.63) is 47.8 Å². The van der Waals surface area contributed by atoms with Crippen LogP contribution in [0.3, 0.4) is 0 Å². The Labute approximate surface area is 113 Å². The van der Waals surface area contributed by atoms with Crippen molar-refractivity contribution < 1.29 is 22.7 Å². The molecule has 0 bridgehead atoms. The van der Waals surface area contributed by atoms with E-state index in [1.165, 1.54) is 30.5 Å². The molecule has 2 aromatic rings. The Morgan fingerprint density at radius 1 is 1.30 bits per heavy atom. The third kappa shape index (κ3) is 2.84. The molecule has 1 N–H and O–H groups in total. The summed E-state index contributed by atoms with van der Waals surface area (Å²) in [4.78, 5) is 14.1. The van der Waals surface area contributed by atoms with Gasteiger partial charge in [0.2, 0.25) is 0 Å². The van der Waals surface area contributed by atoms with Crippen LogP contribution in [-0.4, -0.2) is 17.6 Å². The van der Waals surface area contributed by atoms with E-state index in [2.05, 4.69) is 4.98 Å². The molecular weight excluding hydrogens is 271 g/mol. The molecule has 1 heterocycles. The van der Waals surface area contributed by atoms with Crippen LogP contribution in [0.2, 0.25) is 0 Å². The minimum absolute atomic E-state index is 0.0202. The predicted octanol–water partition coefficient (Wildman–Crippen LogP) is 3.88. The van der Waals surface area contributed by atoms with Gasteiger partial charge in [-0.2, -0.15) is 13.2 Å². The molecule has 1 aromatic heterocycles. The van der Waals surface area contributed by atoms with Crippen molar-refractivity contribution in [2.45, 2.75) is 13.1 Å². The number of H-pyrrole nitrogens is 1. The topological polar surface area (TPSA) is 42.1 Å². The lowest BCUT2D eigenvalue weighted by molar-refractivity contribution is -0.137. The number of benzene rings is 1. The summed E-state index contributed by atoms with van der Waals surface area (Å²) >= 11 is 0. The van der Waals surface area contributed by atoms with Gasteiger partial charge in [-0.05, 0) is 24.6 Å². The van der Waals surface area contributed by atoms with Crippen LogP contribution in [-0.2, 0) is 10.9 Å². The number of alkyl halides is 3. The molecule has 20 heavy (non-hydrogen) atoms. The van der Waals surface area contributed by atoms with Crippen molar-refractivity contribution in [3.8, 4) is 11.1 Å². The summed E-state index contributed by atoms with van der Waals surface area (Å²) in [5.74, 6) is -0.594. The zero-order valence-corrected chi connectivity index (χ0v) is 10.6. The maximum absolute atomic E-state index is 12.9. The second kappa shape index (κ2) is 5.40. The third-order valence-corrected chi connectivity index (χ3v) is 2.72. The van der Waals surface area contributed by atoms with Crippen LogP contribution in [0.5, 0.6) is 0 Å². The van der Waals surface area contributed by atoms with Crippen molar-refractivity contribution in [1.29, 1.82) is 0 Å². The van der Waals surface area contributed by atoms with Gasteiger partial charge < -0.3 is 9.72 Å². The van der Waals surface area contributed by atoms with E-state index in [0.717, 1.165) is 6.07 Å². The highest BCUT2D eigenvalue weighted by molar-refractivity contribution is 5.89. The second-order valence-corrected chi connectivity index (χ2v) is 4.07. The highest BCUT2D eigenvalue weighted by Crippen LogP contribution is 2.37. The number of esters is 1. The van der Waals surface area contributed by atoms with Gasteiger partial charge in [0.25, 0.3) is 0 Å². The van der Waals surface area contributed by atoms with Crippen LogP contribution in [0, 0.1) is 0 Å². The fourth-order valence-corrected chi connectivity index (χ4v) is 1.86. The molecule has 2 rings (SSSR count). The van der Waals surface area contributed by atoms with E-state index < -0.39 is 17.7 Å². The molecule has 0 radical (unpaired) electrons. The molecule has 0 saturated heterocycles. The Kier molecular flexibility index (Phi) is 3.83. The van der Waals surface area contributed by atoms with E-state index in [1.54, 1.807) is 6.92 Å². The first-order valence-corrected chi connectivity index (χ1v) is 5.95. The first-order valence-electron chi connectivity index (χ1n) is 5.95. The summed E-state index contributed by atoms with van der Waals surface area (Å²) < 4.78 is 43.5. The van der Waals surface area contributed by atoms with E-state index in [0.29, 0.717) is 5.56 Å². The maximum Gasteiger partial charge on any atom is 0.417 e. The molecule has 3 nitrogen and oxygen atoms in total. The van der Waals surface area contributed by atoms with Crippen molar-refractivity contribution in [3.63, 3.8) is 0 Å². The predicted molar refractivity (Wildman–Crippen MR) is 67.2 cm³/mol. The summed E-state index contributed by atoms with van der Waals surface area (Å²) in [6.45, 7) is 1.85. The first-order chi connectivity index (χ1) is 9.43. The lowest BCUT2D eigenvalue weighted by Crippen LogP contribution is -2.06. The van der Waals surface area contributed by atoms with Crippen molar-refractivity contribution >= 4 is 5.97 Å². The standard InChI is InChI=1S/C14H12F3NO2/c1-2-20-13(19)12-7-9(8-18-12)10-5-3-4-6-11(10)14(15,16)17/h3-8,18H,2H2,1H3. The van der Waals surface area contributed by atoms with Gasteiger partial charge in [-0.25, -0.2) is 4.79 Å². The molecule has 1 aromatic carbocycles. The summed E-state index contributed by atoms with van der Waals surface area (Å²) in [6, 6.07) is 6.56. The Bertz CT molecular complexity index is 617. The number of carbonyl (C=O) groups is 1. The van der Waals surface area contributed by atoms with E-state index in [9.17, 15) is 18.0 Å². The Balaban J connectivity index is 2.41. The smallest absolute Gasteiger partial charge is 0.417 e. The van der Waals surface area contributed by atoms with Crippen LogP contribution in [0.1, 0.15) is 23.0 Å². The van der Waals surface area contributed by atoms with Crippen molar-refractivity contribution in [2.24, 2.45) is 0 Å². The van der Waals surface area contributed by atoms with Gasteiger partial charge in [0, 0.05) is 11.8 Å². The molecule has 0 aliphatic heterocycles. The minimum atomic E-state index is -4.45. The molecule has 0 atom stereocenters. The van der Waals surface area contributed by atoms with Gasteiger partial charge in [-0.1, -0.05) is 18.2 Å². The molecule has 6 heteroatoms. The fourth-order valence-electron chi connectivity index (χ4n) is 1.86. The number of aromatic amines is 1. The van der Waals surface area contributed by atoms with Crippen molar-refractivity contribution in [2.75, 3.05) is 6.61 Å². The first kappa shape index (κ1) is 14.2. The molecule has 0 fully saturated rings. The minimum Gasteiger partial charge on any atom is -0.461 e. The number of halogens is 3. The zero-order chi connectivity index (χ0) is 14.8. The molecule has 0 aliphatic carbocycles. The zero-order valence-electron chi connectivity index (χ0n) is 10.6. The van der Waals surface area contributed by atoms with E-state index >= 15 is 0 Å². The number of hydrogen-bond donors (Lipinski definition) is 1. The summed E-state index contributed by atoms with van der Waals surface area (Å²) in [6.07, 6.45) is -3.09. The van der Waals surface area contributed by atoms with Crippen LogP contribution in [0.25, 0.3) is 11.1 Å². The van der Waals surface area contributed by atoms with Gasteiger partial charge in [0.15, 0.2) is 0 Å². The summed E-state index contributed by atoms with van der Waals surface area (Å²) in [5, 5.41) is 0. The van der Waals surface area contributed by atoms with E-state index in [1.807, 2.05) is 0 Å². The molecular formula is C14H12F3NO2. The number of aromatic nitrogens is 1. The van der Waals surface area contributed by atoms with Crippen LogP contribution in [0.15, 0.2) is 36.5 Å². The summed E-state index contributed by atoms with van der Waals surface area (Å²) in [7, 11) is 0. The molecule has 0 aliphatic rings. The van der Waals surface area contributed by atoms with Crippen molar-refractivity contribution in [1.82, 2.24) is 4.98 Å². The van der Waals surface area contributed by atoms with Crippen LogP contribution < -0.4 is 0 Å². The van der Waals surface area contributed by atoms with Gasteiger partial charge >= 0.3 is 12.1 Å². The summed E-state index contributed by atoms with van der Waals surface area (Å²) in [5.41, 5.74) is -0.305. The van der Waals surface area contributed by atoms with Gasteiger partial charge in [-0.3, -0.25) is 0 Å². The molecule has 0 unspecified atom stereocenters. The maximum atomic E-state index is 12.9. The number of carbonyl (C=O) groups excluding carboxylic acids is 1. The monoisotopic (exact) mass is 283 g/mol. The fraction of sp³-hybridized carbons (Fsp3) is 0.214. The molecule has 106 valence electrons. The number of nitrogens with one attached hydrogen (secondary N) is 1. The Hall–Kier alpha value is -2.24. The lowest BCUT2D eigenvalue weighted by atomic mass is 10.0. The van der Waals surface area contributed by atoms with Gasteiger partial charge in [0.1, 0.15) is 5.69 Å². The van der Waals surface area contributed by atoms with Gasteiger partial charge in [-0.15, -0.1) is 0 Å². The quantitative estimate of drug-likeness (QED) is 0.869. The third-order valence-electron chi connectivity index (χ3n) is 2.72. The van der Waals surface area contributed by atoms with E-state index in [-0.39, 0.29) is 17.9 Å². The number of hydrogen-bond acceptors (Lipinski definition) is 2. The average molecular weight is 283 g/mol. The SMILES string of the molecule is CCOC(=O)c1cc(-c2ccccc2C(F)(F)F)c[nH]1. The molecule has 0 saturated carbocycles. The van der Waals surface area contributed by atoms with Crippen LogP contribution >= 0.6 is 0 Å². The molecule has 0 amide bonds. The Morgan fingerprint density at radius 2 is 2.00 bits per heavy atom. The highest BCUT2D eigenvalue weighted by Gasteiger charge is 2.33. The largest absolute Gasteiger partial charge is 0.461 e. The van der Waals surface area contributed by atoms with Crippen LogP contribution in [0.4, 0.5) is 13.2 Å². The number of rotatable bonds is 3. The highest BCUT2D eigenvalue weighted by atomic mass is 19.4. The second-order valence-electron chi connectivity index (χ2n) is 4.07. The number of ether oxygens (including phenoxy) is 1. The van der Waals surface area contributed by atoms with E-state index in [4.69, 9.17) is 4.74 Å². The van der Waals surface area contributed by atoms with Gasteiger partial charge in [0.05, 0.1) is 12.2 Å². The molecule has 0 spiro atoms. The average Bonchev–Trinajstić information content (AvgIpc) is 2.87. The normalized spacial score (nSPS) is 11.4. The Morgan fingerprint density at radius 3 is 2.65 bits per heavy atom.